The zero-order valence-corrected chi connectivity index (χ0v) is 10.9. The van der Waals surface area contributed by atoms with Crippen LogP contribution in [0.15, 0.2) is 23.4 Å². The van der Waals surface area contributed by atoms with E-state index < -0.39 is 12.0 Å². The highest BCUT2D eigenvalue weighted by molar-refractivity contribution is 5.26. The van der Waals surface area contributed by atoms with Gasteiger partial charge in [-0.3, -0.25) is 0 Å². The van der Waals surface area contributed by atoms with Crippen molar-refractivity contribution in [2.75, 3.05) is 0 Å². The molecule has 0 aromatic carbocycles. The molecule has 0 amide bonds. The maximum absolute atomic E-state index is 13.2. The van der Waals surface area contributed by atoms with Crippen LogP contribution in [0.5, 0.6) is 0 Å². The van der Waals surface area contributed by atoms with Gasteiger partial charge in [0.1, 0.15) is 0 Å². The molecule has 0 radical (unpaired) electrons. The Morgan fingerprint density at radius 1 is 1.25 bits per heavy atom. The first-order valence-corrected chi connectivity index (χ1v) is 5.80. The van der Waals surface area contributed by atoms with E-state index in [1.165, 1.54) is 20.0 Å². The average molecular weight is 231 g/mol. The van der Waals surface area contributed by atoms with Gasteiger partial charge in [-0.2, -0.15) is 8.78 Å². The van der Waals surface area contributed by atoms with E-state index >= 15 is 0 Å². The molecule has 0 rings (SSSR count). The van der Waals surface area contributed by atoms with Gasteiger partial charge in [0.25, 0.3) is 0 Å². The third-order valence-corrected chi connectivity index (χ3v) is 2.57. The summed E-state index contributed by atoms with van der Waals surface area (Å²) in [4.78, 5) is 0. The Morgan fingerprint density at radius 3 is 2.25 bits per heavy atom. The van der Waals surface area contributed by atoms with E-state index in [4.69, 9.17) is 0 Å². The maximum atomic E-state index is 13.2. The molecule has 0 aromatic heterocycles. The fourth-order valence-electron chi connectivity index (χ4n) is 1.01. The van der Waals surface area contributed by atoms with E-state index in [0.717, 1.165) is 24.0 Å². The largest absolute Gasteiger partial charge is 0.333 e. The summed E-state index contributed by atoms with van der Waals surface area (Å²) in [7, 11) is 0. The number of hydrogen-bond donors (Lipinski definition) is 1. The maximum Gasteiger partial charge on any atom is 0.325 e. The molecule has 0 fully saturated rings. The summed E-state index contributed by atoms with van der Waals surface area (Å²) < 4.78 is 26.5. The second-order valence-corrected chi connectivity index (χ2v) is 4.43. The van der Waals surface area contributed by atoms with Crippen LogP contribution >= 0.6 is 0 Å². The number of halogens is 2. The van der Waals surface area contributed by atoms with Gasteiger partial charge in [-0.05, 0) is 25.8 Å². The second kappa shape index (κ2) is 6.66. The molecule has 0 aliphatic carbocycles. The van der Waals surface area contributed by atoms with E-state index in [1.54, 1.807) is 0 Å². The number of nitrogens with one attached hydrogen (secondary N) is 1. The van der Waals surface area contributed by atoms with Gasteiger partial charge >= 0.3 is 6.05 Å². The Labute approximate surface area is 97.6 Å². The van der Waals surface area contributed by atoms with Crippen molar-refractivity contribution in [1.29, 1.82) is 0 Å². The number of unbranched alkanes of at least 4 members (excludes halogenated alkanes) is 1. The zero-order chi connectivity index (χ0) is 12.8. The topological polar surface area (TPSA) is 12.0 Å². The van der Waals surface area contributed by atoms with Crippen molar-refractivity contribution in [1.82, 2.24) is 5.32 Å². The second-order valence-electron chi connectivity index (χ2n) is 4.43. The first kappa shape index (κ1) is 15.1. The first-order valence-electron chi connectivity index (χ1n) is 5.80. The number of alkyl halides is 2. The van der Waals surface area contributed by atoms with Crippen molar-refractivity contribution in [3.63, 3.8) is 0 Å². The van der Waals surface area contributed by atoms with Crippen LogP contribution in [0.2, 0.25) is 0 Å². The summed E-state index contributed by atoms with van der Waals surface area (Å²) in [6.45, 7) is 8.86. The predicted molar refractivity (Wildman–Crippen MR) is 65.3 cm³/mol. The minimum absolute atomic E-state index is 0.712. The molecule has 0 atom stereocenters. The number of rotatable bonds is 6. The molecule has 1 N–H and O–H groups in total. The lowest BCUT2D eigenvalue weighted by atomic mass is 10.1. The van der Waals surface area contributed by atoms with E-state index in [1.807, 2.05) is 13.8 Å². The monoisotopic (exact) mass is 231 g/mol. The van der Waals surface area contributed by atoms with Crippen LogP contribution in [-0.4, -0.2) is 6.05 Å². The lowest BCUT2D eigenvalue weighted by Crippen LogP contribution is -2.37. The molecule has 0 spiro atoms. The van der Waals surface area contributed by atoms with Gasteiger partial charge < -0.3 is 5.32 Å². The lowest BCUT2D eigenvalue weighted by Gasteiger charge is -2.20. The van der Waals surface area contributed by atoms with Gasteiger partial charge in [-0.1, -0.05) is 38.8 Å². The molecule has 0 saturated heterocycles. The molecule has 1 nitrogen and oxygen atoms in total. The van der Waals surface area contributed by atoms with Gasteiger partial charge in [-0.25, -0.2) is 0 Å². The minimum atomic E-state index is -2.84. The Morgan fingerprint density at radius 2 is 1.81 bits per heavy atom. The Hall–Kier alpha value is -0.860. The first-order chi connectivity index (χ1) is 7.31. The molecule has 3 heteroatoms. The molecule has 0 aliphatic heterocycles. The third-order valence-electron chi connectivity index (χ3n) is 2.57. The molecule has 0 unspecified atom stereocenters. The third kappa shape index (κ3) is 5.29. The molecule has 0 aromatic rings. The van der Waals surface area contributed by atoms with E-state index in [-0.39, 0.29) is 0 Å². The van der Waals surface area contributed by atoms with Crippen molar-refractivity contribution < 1.29 is 8.78 Å². The van der Waals surface area contributed by atoms with Crippen LogP contribution < -0.4 is 5.32 Å². The van der Waals surface area contributed by atoms with E-state index in [9.17, 15) is 8.78 Å². The highest BCUT2D eigenvalue weighted by Crippen LogP contribution is 2.21. The molecule has 16 heavy (non-hydrogen) atoms. The normalized spacial score (nSPS) is 14.5. The molecular formula is C13H23F2N. The van der Waals surface area contributed by atoms with Gasteiger partial charge in [-0.15, -0.1) is 0 Å². The molecular weight excluding hydrogens is 208 g/mol. The van der Waals surface area contributed by atoms with Gasteiger partial charge in [0.15, 0.2) is 0 Å². The van der Waals surface area contributed by atoms with E-state index in [0.29, 0.717) is 0 Å². The van der Waals surface area contributed by atoms with Crippen molar-refractivity contribution in [2.24, 2.45) is 5.92 Å². The molecule has 0 aliphatic rings. The predicted octanol–water partition coefficient (Wildman–Crippen LogP) is 4.48. The van der Waals surface area contributed by atoms with E-state index in [2.05, 4.69) is 18.3 Å². The number of hydrogen-bond acceptors (Lipinski definition) is 1. The molecule has 0 heterocycles. The number of allylic oxidation sites excluding steroid dienone is 3. The Bertz CT molecular complexity index is 265. The van der Waals surface area contributed by atoms with Gasteiger partial charge in [0.2, 0.25) is 0 Å². The quantitative estimate of drug-likeness (QED) is 0.525. The molecule has 0 bridgehead atoms. The van der Waals surface area contributed by atoms with Crippen molar-refractivity contribution in [3.05, 3.63) is 23.4 Å². The van der Waals surface area contributed by atoms with Crippen LogP contribution in [0.25, 0.3) is 0 Å². The van der Waals surface area contributed by atoms with Crippen LogP contribution in [-0.2, 0) is 0 Å². The highest BCUT2D eigenvalue weighted by Gasteiger charge is 2.31. The van der Waals surface area contributed by atoms with Crippen molar-refractivity contribution >= 4 is 0 Å². The lowest BCUT2D eigenvalue weighted by molar-refractivity contribution is -0.0652. The summed E-state index contributed by atoms with van der Waals surface area (Å²) in [6.07, 6.45) is 5.53. The summed E-state index contributed by atoms with van der Waals surface area (Å²) in [5.41, 5.74) is 1.91. The van der Waals surface area contributed by atoms with Gasteiger partial charge in [0, 0.05) is 12.1 Å². The Balaban J connectivity index is 4.45. The smallest absolute Gasteiger partial charge is 0.325 e. The Kier molecular flexibility index (Phi) is 6.31. The van der Waals surface area contributed by atoms with Crippen molar-refractivity contribution in [3.8, 4) is 0 Å². The zero-order valence-electron chi connectivity index (χ0n) is 10.9. The van der Waals surface area contributed by atoms with Crippen LogP contribution in [0.4, 0.5) is 8.78 Å². The summed E-state index contributed by atoms with van der Waals surface area (Å²) in [5, 5.41) is 2.18. The van der Waals surface area contributed by atoms with Crippen molar-refractivity contribution in [2.45, 2.75) is 53.5 Å². The summed E-state index contributed by atoms with van der Waals surface area (Å²) in [5.74, 6) is -0.712. The van der Waals surface area contributed by atoms with Crippen LogP contribution in [0, 0.1) is 5.92 Å². The highest BCUT2D eigenvalue weighted by atomic mass is 19.3. The van der Waals surface area contributed by atoms with Crippen LogP contribution in [0.3, 0.4) is 0 Å². The standard InChI is InChI=1S/C13H23F2N/c1-6-7-8-11(4)12(5)9-16-13(14,15)10(2)3/h8-10,16H,6-7H2,1-5H3/b11-8-,12-9+. The fraction of sp³-hybridized carbons (Fsp3) is 0.692. The fourth-order valence-corrected chi connectivity index (χ4v) is 1.01. The van der Waals surface area contributed by atoms with Gasteiger partial charge in [0.05, 0.1) is 0 Å². The summed E-state index contributed by atoms with van der Waals surface area (Å²) in [6, 6.07) is -2.84. The minimum Gasteiger partial charge on any atom is -0.333 e. The summed E-state index contributed by atoms with van der Waals surface area (Å²) >= 11 is 0. The average Bonchev–Trinajstić information content (AvgIpc) is 2.22. The molecule has 0 saturated carbocycles. The SMILES string of the molecule is CCC/C=C(C)\C(C)=C\NC(F)(F)C(C)C. The molecule has 94 valence electrons. The van der Waals surface area contributed by atoms with Crippen LogP contribution in [0.1, 0.15) is 47.5 Å².